The van der Waals surface area contributed by atoms with E-state index in [4.69, 9.17) is 29.4 Å². The molecule has 6 rings (SSSR count). The molecule has 2 aliphatic carbocycles. The minimum absolute atomic E-state index is 0.311. The summed E-state index contributed by atoms with van der Waals surface area (Å²) in [6.07, 6.45) is 0.218. The molecule has 5 atom stereocenters. The molecule has 31 heavy (non-hydrogen) atoms. The second kappa shape index (κ2) is 5.85. The third kappa shape index (κ3) is 2.40. The van der Waals surface area contributed by atoms with Gasteiger partial charge in [0.1, 0.15) is 30.1 Å². The Bertz CT molecular complexity index is 1140. The number of fused-ring (bicyclic) bond motifs is 1. The van der Waals surface area contributed by atoms with Gasteiger partial charge in [0.05, 0.1) is 12.3 Å². The molecule has 162 valence electrons. The van der Waals surface area contributed by atoms with Gasteiger partial charge in [-0.2, -0.15) is 10.4 Å². The number of carbonyl (C=O) groups excluding carboxylic acids is 1. The van der Waals surface area contributed by atoms with Crippen LogP contribution in [0.25, 0.3) is 5.52 Å². The van der Waals surface area contributed by atoms with Crippen molar-refractivity contribution < 1.29 is 28.5 Å². The fraction of sp³-hybridized carbons (Fsp3) is 0.600. The predicted octanol–water partition coefficient (Wildman–Crippen LogP) is 1.48. The predicted molar refractivity (Wildman–Crippen MR) is 101 cm³/mol. The van der Waals surface area contributed by atoms with Crippen molar-refractivity contribution in [3.8, 4) is 6.07 Å². The highest BCUT2D eigenvalue weighted by atomic mass is 16.8. The van der Waals surface area contributed by atoms with Gasteiger partial charge in [0.15, 0.2) is 23.3 Å². The maximum atomic E-state index is 12.2. The molecule has 11 heteroatoms. The van der Waals surface area contributed by atoms with Gasteiger partial charge in [0, 0.05) is 0 Å². The van der Waals surface area contributed by atoms with Gasteiger partial charge in [-0.15, -0.1) is 0 Å². The minimum Gasteiger partial charge on any atom is -0.434 e. The zero-order chi connectivity index (χ0) is 21.6. The Hall–Kier alpha value is -2.94. The number of nitriles is 1. The number of hydrogen-bond donors (Lipinski definition) is 1. The highest BCUT2D eigenvalue weighted by Gasteiger charge is 2.96. The van der Waals surface area contributed by atoms with Crippen LogP contribution in [0.15, 0.2) is 18.5 Å². The average Bonchev–Trinajstić information content (AvgIpc) is 3.49. The molecule has 1 unspecified atom stereocenters. The summed E-state index contributed by atoms with van der Waals surface area (Å²) >= 11 is 0. The van der Waals surface area contributed by atoms with Crippen LogP contribution in [0.1, 0.15) is 38.5 Å². The first-order valence-electron chi connectivity index (χ1n) is 10.2. The minimum atomic E-state index is -1.52. The van der Waals surface area contributed by atoms with Gasteiger partial charge in [0.2, 0.25) is 5.60 Å². The van der Waals surface area contributed by atoms with E-state index >= 15 is 0 Å². The molecule has 2 saturated carbocycles. The molecule has 4 fully saturated rings. The Balaban J connectivity index is 1.34. The van der Waals surface area contributed by atoms with E-state index in [-0.39, 0.29) is 0 Å². The van der Waals surface area contributed by atoms with Crippen LogP contribution in [0, 0.1) is 17.2 Å². The molecule has 4 heterocycles. The van der Waals surface area contributed by atoms with E-state index in [9.17, 15) is 10.1 Å². The SMILES string of the molecule is CC1(C)O[C@H]2[C@H](c3ccc4c(N)ncnn34)O[C@]3(C#N)C(OC(=O)OCC4CC4)[C@]23O1. The van der Waals surface area contributed by atoms with Crippen LogP contribution in [0.3, 0.4) is 0 Å². The maximum absolute atomic E-state index is 12.2. The molecular formula is C20H21N5O6. The molecule has 0 radical (unpaired) electrons. The number of ether oxygens (including phenoxy) is 5. The van der Waals surface area contributed by atoms with Crippen LogP contribution in [-0.4, -0.2) is 56.6 Å². The molecule has 2 aliphatic heterocycles. The van der Waals surface area contributed by atoms with Crippen LogP contribution in [0.2, 0.25) is 0 Å². The van der Waals surface area contributed by atoms with Crippen molar-refractivity contribution in [1.29, 1.82) is 5.26 Å². The number of carbonyl (C=O) groups is 1. The Morgan fingerprint density at radius 2 is 2.19 bits per heavy atom. The summed E-state index contributed by atoms with van der Waals surface area (Å²) < 4.78 is 30.8. The quantitative estimate of drug-likeness (QED) is 0.713. The Kier molecular flexibility index (Phi) is 3.55. The lowest BCUT2D eigenvalue weighted by molar-refractivity contribution is -0.182. The lowest BCUT2D eigenvalue weighted by Gasteiger charge is -2.24. The van der Waals surface area contributed by atoms with Gasteiger partial charge in [-0.3, -0.25) is 0 Å². The van der Waals surface area contributed by atoms with E-state index in [2.05, 4.69) is 16.2 Å². The van der Waals surface area contributed by atoms with Crippen LogP contribution in [0.4, 0.5) is 10.6 Å². The van der Waals surface area contributed by atoms with Crippen molar-refractivity contribution in [3.63, 3.8) is 0 Å². The summed E-state index contributed by atoms with van der Waals surface area (Å²) in [4.78, 5) is 16.2. The average molecular weight is 427 g/mol. The Labute approximate surface area is 177 Å². The van der Waals surface area contributed by atoms with Gasteiger partial charge in [0.25, 0.3) is 0 Å². The number of anilines is 1. The fourth-order valence-corrected chi connectivity index (χ4v) is 4.83. The summed E-state index contributed by atoms with van der Waals surface area (Å²) in [7, 11) is 0. The van der Waals surface area contributed by atoms with Crippen LogP contribution >= 0.6 is 0 Å². The zero-order valence-corrected chi connectivity index (χ0v) is 17.0. The molecule has 2 aromatic rings. The van der Waals surface area contributed by atoms with Crippen LogP contribution in [0.5, 0.6) is 0 Å². The van der Waals surface area contributed by atoms with Crippen molar-refractivity contribution in [2.45, 2.75) is 62.0 Å². The van der Waals surface area contributed by atoms with Gasteiger partial charge >= 0.3 is 6.16 Å². The van der Waals surface area contributed by atoms with Gasteiger partial charge in [-0.1, -0.05) is 0 Å². The van der Waals surface area contributed by atoms with Crippen molar-refractivity contribution in [3.05, 3.63) is 24.2 Å². The second-order valence-electron chi connectivity index (χ2n) is 8.92. The third-order valence-electron chi connectivity index (χ3n) is 6.41. The van der Waals surface area contributed by atoms with Crippen LogP contribution < -0.4 is 5.73 Å². The Morgan fingerprint density at radius 1 is 1.39 bits per heavy atom. The van der Waals surface area contributed by atoms with Gasteiger partial charge in [-0.05, 0) is 44.7 Å². The second-order valence-corrected chi connectivity index (χ2v) is 8.92. The lowest BCUT2D eigenvalue weighted by atomic mass is 10.0. The molecule has 2 N–H and O–H groups in total. The number of hydrogen-bond acceptors (Lipinski definition) is 10. The fourth-order valence-electron chi connectivity index (χ4n) is 4.83. The standard InChI is InChI=1S/C20H21N5O6/c1-18(2)30-14-13(11-5-6-12-15(22)23-9-24-25(11)12)29-19(8-21)16(20(14,19)31-18)28-17(26)27-7-10-3-4-10/h5-6,9-10,13-14,16H,3-4,7H2,1-2H3,(H2,22,23,24)/t13-,14-,16?,19+,20+/m0/s1. The van der Waals surface area contributed by atoms with Crippen molar-refractivity contribution in [2.24, 2.45) is 5.92 Å². The largest absolute Gasteiger partial charge is 0.508 e. The number of nitrogen functional groups attached to an aromatic ring is 1. The topological polar surface area (TPSA) is 143 Å². The van der Waals surface area contributed by atoms with E-state index in [0.29, 0.717) is 29.6 Å². The molecule has 0 amide bonds. The van der Waals surface area contributed by atoms with Gasteiger partial charge in [-0.25, -0.2) is 14.3 Å². The van der Waals surface area contributed by atoms with E-state index in [1.165, 1.54) is 6.33 Å². The molecule has 0 bridgehead atoms. The normalized spacial score (nSPS) is 37.1. The van der Waals surface area contributed by atoms with E-state index < -0.39 is 41.5 Å². The first kappa shape index (κ1) is 18.8. The zero-order valence-electron chi connectivity index (χ0n) is 17.0. The van der Waals surface area contributed by atoms with Gasteiger partial charge < -0.3 is 29.4 Å². The monoisotopic (exact) mass is 427 g/mol. The van der Waals surface area contributed by atoms with Crippen LogP contribution in [-0.2, 0) is 23.7 Å². The number of rotatable bonds is 4. The van der Waals surface area contributed by atoms with Crippen molar-refractivity contribution in [2.75, 3.05) is 12.3 Å². The molecule has 2 aromatic heterocycles. The molecule has 11 nitrogen and oxygen atoms in total. The number of nitrogens with zero attached hydrogens (tertiary/aromatic N) is 4. The first-order valence-corrected chi connectivity index (χ1v) is 10.2. The third-order valence-corrected chi connectivity index (χ3v) is 6.41. The number of nitrogens with two attached hydrogens (primary N) is 1. The molecule has 4 aliphatic rings. The summed E-state index contributed by atoms with van der Waals surface area (Å²) in [6, 6.07) is 5.74. The number of aromatic nitrogens is 3. The highest BCUT2D eigenvalue weighted by Crippen LogP contribution is 2.71. The first-order chi connectivity index (χ1) is 14.8. The van der Waals surface area contributed by atoms with Crippen molar-refractivity contribution in [1.82, 2.24) is 14.6 Å². The molecule has 2 saturated heterocycles. The summed E-state index contributed by atoms with van der Waals surface area (Å²) in [5.74, 6) is -0.297. The van der Waals surface area contributed by atoms with Crippen molar-refractivity contribution >= 4 is 17.5 Å². The lowest BCUT2D eigenvalue weighted by Crippen LogP contribution is -2.34. The Morgan fingerprint density at radius 3 is 2.94 bits per heavy atom. The maximum Gasteiger partial charge on any atom is 0.508 e. The summed E-state index contributed by atoms with van der Waals surface area (Å²) in [5, 5.41) is 14.3. The smallest absolute Gasteiger partial charge is 0.434 e. The molecule has 0 aromatic carbocycles. The van der Waals surface area contributed by atoms with E-state index in [0.717, 1.165) is 12.8 Å². The van der Waals surface area contributed by atoms with E-state index in [1.54, 1.807) is 30.5 Å². The molecular weight excluding hydrogens is 406 g/mol. The molecule has 1 spiro atoms. The summed E-state index contributed by atoms with van der Waals surface area (Å²) in [6.45, 7) is 3.80. The summed E-state index contributed by atoms with van der Waals surface area (Å²) in [5.41, 5.74) is 4.40. The highest BCUT2D eigenvalue weighted by molar-refractivity contribution is 5.66. The van der Waals surface area contributed by atoms with E-state index in [1.807, 2.05) is 0 Å².